The molecule has 0 aliphatic heterocycles. The van der Waals surface area contributed by atoms with Crippen LogP contribution in [0.5, 0.6) is 0 Å². The maximum Gasteiger partial charge on any atom is 0.408 e. The lowest BCUT2D eigenvalue weighted by atomic mass is 10.6. The van der Waals surface area contributed by atoms with Crippen LogP contribution in [0.15, 0.2) is 17.4 Å². The molecule has 0 saturated heterocycles. The number of hydrogen-bond acceptors (Lipinski definition) is 4. The van der Waals surface area contributed by atoms with Gasteiger partial charge in [-0.3, -0.25) is 10.2 Å². The van der Waals surface area contributed by atoms with Gasteiger partial charge in [0, 0.05) is 0 Å². The van der Waals surface area contributed by atoms with Gasteiger partial charge in [-0.2, -0.15) is 18.2 Å². The number of anilines is 1. The minimum atomic E-state index is -4.51. The van der Waals surface area contributed by atoms with E-state index in [1.54, 1.807) is 0 Å². The quantitative estimate of drug-likeness (QED) is 0.478. The highest BCUT2D eigenvalue weighted by Gasteiger charge is 2.27. The maximum atomic E-state index is 11.8. The van der Waals surface area contributed by atoms with Gasteiger partial charge < -0.3 is 5.73 Å². The number of alkyl halides is 3. The minimum Gasteiger partial charge on any atom is -0.368 e. The lowest BCUT2D eigenvalue weighted by Gasteiger charge is -2.14. The first-order chi connectivity index (χ1) is 7.79. The Bertz CT molecular complexity index is 424. The van der Waals surface area contributed by atoms with Gasteiger partial charge in [-0.1, -0.05) is 11.6 Å². The molecule has 10 heteroatoms. The summed E-state index contributed by atoms with van der Waals surface area (Å²) in [5, 5.41) is 9.47. The average molecular weight is 270 g/mol. The molecule has 1 rings (SSSR count). The number of hydrogen-bond donors (Lipinski definition) is 2. The second-order valence-corrected chi connectivity index (χ2v) is 3.19. The van der Waals surface area contributed by atoms with Crippen LogP contribution in [0, 0.1) is 0 Å². The molecule has 0 aliphatic carbocycles. The summed E-state index contributed by atoms with van der Waals surface area (Å²) in [7, 11) is 0. The van der Waals surface area contributed by atoms with Gasteiger partial charge >= 0.3 is 6.18 Å². The van der Waals surface area contributed by atoms with E-state index >= 15 is 0 Å². The van der Waals surface area contributed by atoms with Crippen molar-refractivity contribution in [3.8, 4) is 0 Å². The highest BCUT2D eigenvalue weighted by atomic mass is 35.5. The Morgan fingerprint density at radius 1 is 1.53 bits per heavy atom. The van der Waals surface area contributed by atoms with Gasteiger partial charge in [0.25, 0.3) is 0 Å². The van der Waals surface area contributed by atoms with Crippen LogP contribution in [0.4, 0.5) is 19.0 Å². The first-order valence-corrected chi connectivity index (χ1v) is 4.50. The zero-order chi connectivity index (χ0) is 13.1. The summed E-state index contributed by atoms with van der Waals surface area (Å²) < 4.78 is 35.5. The fourth-order valence-electron chi connectivity index (χ4n) is 0.790. The molecular weight excluding hydrogens is 263 g/mol. The summed E-state index contributed by atoms with van der Waals surface area (Å²) in [5.41, 5.74) is 5.12. The number of guanidine groups is 1. The van der Waals surface area contributed by atoms with Crippen molar-refractivity contribution in [1.29, 1.82) is 0 Å². The molecule has 94 valence electrons. The Morgan fingerprint density at radius 3 is 2.71 bits per heavy atom. The molecule has 0 radical (unpaired) electrons. The highest BCUT2D eigenvalue weighted by Crippen LogP contribution is 2.15. The number of nitrogens with two attached hydrogens (primary N) is 1. The van der Waals surface area contributed by atoms with Gasteiger partial charge in [0.1, 0.15) is 11.7 Å². The van der Waals surface area contributed by atoms with Crippen molar-refractivity contribution >= 4 is 23.4 Å². The van der Waals surface area contributed by atoms with E-state index in [9.17, 15) is 18.4 Å². The molecule has 1 aromatic rings. The highest BCUT2D eigenvalue weighted by molar-refractivity contribution is 6.29. The van der Waals surface area contributed by atoms with Crippen LogP contribution in [-0.2, 0) is 0 Å². The molecule has 0 atom stereocenters. The normalized spacial score (nSPS) is 12.6. The SMILES string of the molecule is NC(=NCC(F)(F)F)N(O)c1cncc(Cl)n1. The molecule has 0 spiro atoms. The molecular formula is C7H7ClF3N5O. The van der Waals surface area contributed by atoms with Crippen LogP contribution in [0.2, 0.25) is 5.15 Å². The summed E-state index contributed by atoms with van der Waals surface area (Å²) in [4.78, 5) is 10.1. The van der Waals surface area contributed by atoms with Crippen molar-refractivity contribution in [2.45, 2.75) is 6.18 Å². The van der Waals surface area contributed by atoms with Crippen molar-refractivity contribution in [3.63, 3.8) is 0 Å². The Kier molecular flexibility index (Phi) is 4.07. The summed E-state index contributed by atoms with van der Waals surface area (Å²) in [6, 6.07) is 0. The van der Waals surface area contributed by atoms with E-state index in [0.717, 1.165) is 6.20 Å². The zero-order valence-electron chi connectivity index (χ0n) is 8.19. The third-order valence-corrected chi connectivity index (χ3v) is 1.63. The van der Waals surface area contributed by atoms with E-state index in [1.165, 1.54) is 6.20 Å². The molecule has 6 nitrogen and oxygen atoms in total. The maximum absolute atomic E-state index is 11.8. The average Bonchev–Trinajstić information content (AvgIpc) is 2.24. The van der Waals surface area contributed by atoms with Crippen molar-refractivity contribution in [2.75, 3.05) is 11.6 Å². The number of nitrogens with zero attached hydrogens (tertiary/aromatic N) is 4. The zero-order valence-corrected chi connectivity index (χ0v) is 8.94. The lowest BCUT2D eigenvalue weighted by Crippen LogP contribution is -2.36. The van der Waals surface area contributed by atoms with E-state index in [0.29, 0.717) is 0 Å². The van der Waals surface area contributed by atoms with Crippen molar-refractivity contribution < 1.29 is 18.4 Å². The largest absolute Gasteiger partial charge is 0.408 e. The van der Waals surface area contributed by atoms with Gasteiger partial charge in [0.15, 0.2) is 5.82 Å². The predicted octanol–water partition coefficient (Wildman–Crippen LogP) is 1.20. The van der Waals surface area contributed by atoms with Crippen LogP contribution >= 0.6 is 11.6 Å². The third kappa shape index (κ3) is 4.41. The molecule has 17 heavy (non-hydrogen) atoms. The van der Waals surface area contributed by atoms with E-state index in [-0.39, 0.29) is 16.0 Å². The molecule has 0 bridgehead atoms. The van der Waals surface area contributed by atoms with Gasteiger partial charge in [-0.15, -0.1) is 0 Å². The van der Waals surface area contributed by atoms with E-state index < -0.39 is 18.7 Å². The van der Waals surface area contributed by atoms with Crippen molar-refractivity contribution in [3.05, 3.63) is 17.5 Å². The van der Waals surface area contributed by atoms with Crippen LogP contribution in [0.25, 0.3) is 0 Å². The Labute approximate surface area is 98.5 Å². The summed E-state index contributed by atoms with van der Waals surface area (Å²) in [5.74, 6) is -1.00. The molecule has 0 saturated carbocycles. The van der Waals surface area contributed by atoms with Crippen molar-refractivity contribution in [1.82, 2.24) is 9.97 Å². The minimum absolute atomic E-state index is 0.0508. The first-order valence-electron chi connectivity index (χ1n) is 4.13. The van der Waals surface area contributed by atoms with Crippen LogP contribution in [0.3, 0.4) is 0 Å². The van der Waals surface area contributed by atoms with Gasteiger partial charge in [0.05, 0.1) is 12.4 Å². The molecule has 0 aromatic carbocycles. The molecule has 3 N–H and O–H groups in total. The molecule has 1 aromatic heterocycles. The predicted molar refractivity (Wildman–Crippen MR) is 53.9 cm³/mol. The smallest absolute Gasteiger partial charge is 0.368 e. The van der Waals surface area contributed by atoms with E-state index in [4.69, 9.17) is 17.3 Å². The molecule has 0 amide bonds. The lowest BCUT2D eigenvalue weighted by molar-refractivity contribution is -0.118. The van der Waals surface area contributed by atoms with E-state index in [1.807, 2.05) is 0 Å². The van der Waals surface area contributed by atoms with Gasteiger partial charge in [-0.25, -0.2) is 9.98 Å². The molecule has 0 aliphatic rings. The van der Waals surface area contributed by atoms with Crippen LogP contribution in [0.1, 0.15) is 0 Å². The second-order valence-electron chi connectivity index (χ2n) is 2.80. The number of rotatable bonds is 2. The first kappa shape index (κ1) is 13.5. The number of hydroxylamine groups is 1. The Balaban J connectivity index is 2.79. The fraction of sp³-hybridized carbons (Fsp3) is 0.286. The molecule has 0 unspecified atom stereocenters. The number of aromatic nitrogens is 2. The summed E-state index contributed by atoms with van der Waals surface area (Å²) in [6.07, 6.45) is -2.27. The molecule has 1 heterocycles. The van der Waals surface area contributed by atoms with Gasteiger partial charge in [-0.05, 0) is 0 Å². The Hall–Kier alpha value is -1.61. The summed E-state index contributed by atoms with van der Waals surface area (Å²) in [6.45, 7) is -1.51. The number of halogens is 4. The van der Waals surface area contributed by atoms with Crippen LogP contribution < -0.4 is 10.8 Å². The third-order valence-electron chi connectivity index (χ3n) is 1.45. The second kappa shape index (κ2) is 5.15. The van der Waals surface area contributed by atoms with Gasteiger partial charge in [0.2, 0.25) is 5.96 Å². The number of aliphatic imine (C=N–C) groups is 1. The fourth-order valence-corrected chi connectivity index (χ4v) is 0.933. The van der Waals surface area contributed by atoms with Crippen molar-refractivity contribution in [2.24, 2.45) is 10.7 Å². The Morgan fingerprint density at radius 2 is 2.18 bits per heavy atom. The monoisotopic (exact) mass is 269 g/mol. The van der Waals surface area contributed by atoms with E-state index in [2.05, 4.69) is 15.0 Å². The standard InChI is InChI=1S/C7H7ClF3N5O/c8-4-1-13-2-5(15-4)16(17)6(12)14-3-7(9,10)11/h1-2,17H,3H2,(H2,12,14). The molecule has 0 fully saturated rings. The topological polar surface area (TPSA) is 87.6 Å². The van der Waals surface area contributed by atoms with Crippen LogP contribution in [-0.4, -0.2) is 33.9 Å². The summed E-state index contributed by atoms with van der Waals surface area (Å²) >= 11 is 5.47.